The first-order valence-electron chi connectivity index (χ1n) is 7.18. The lowest BCUT2D eigenvalue weighted by molar-refractivity contribution is -0.156. The van der Waals surface area contributed by atoms with E-state index in [1.54, 1.807) is 54.6 Å². The van der Waals surface area contributed by atoms with Crippen molar-refractivity contribution in [3.63, 3.8) is 0 Å². The predicted octanol–water partition coefficient (Wildman–Crippen LogP) is 1.36. The van der Waals surface area contributed by atoms with E-state index in [9.17, 15) is 14.4 Å². The summed E-state index contributed by atoms with van der Waals surface area (Å²) in [5.74, 6) is -2.24. The number of oxazole rings is 1. The van der Waals surface area contributed by atoms with Gasteiger partial charge in [0.15, 0.2) is 5.58 Å². The van der Waals surface area contributed by atoms with Crippen molar-refractivity contribution in [1.82, 2.24) is 4.57 Å². The standard InChI is InChI=1S/C17H14N2O5/c18-16(21)15(11-6-2-1-3-7-11)24-14(20)10-19-12-8-4-5-9-13(12)23-17(19)22/h1-9,15H,10H2,(H2,18,21). The summed E-state index contributed by atoms with van der Waals surface area (Å²) in [6.45, 7) is -0.382. The number of fused-ring (bicyclic) bond motifs is 1. The van der Waals surface area contributed by atoms with E-state index in [1.165, 1.54) is 0 Å². The van der Waals surface area contributed by atoms with Gasteiger partial charge in [0, 0.05) is 5.56 Å². The van der Waals surface area contributed by atoms with E-state index in [0.29, 0.717) is 16.7 Å². The van der Waals surface area contributed by atoms with Gasteiger partial charge < -0.3 is 14.9 Å². The molecule has 7 heteroatoms. The van der Waals surface area contributed by atoms with Crippen molar-refractivity contribution in [3.8, 4) is 0 Å². The lowest BCUT2D eigenvalue weighted by atomic mass is 10.1. The average Bonchev–Trinajstić information content (AvgIpc) is 2.89. The van der Waals surface area contributed by atoms with Crippen LogP contribution in [-0.2, 0) is 20.9 Å². The quantitative estimate of drug-likeness (QED) is 0.713. The first kappa shape index (κ1) is 15.5. The summed E-state index contributed by atoms with van der Waals surface area (Å²) in [5.41, 5.74) is 6.60. The number of rotatable bonds is 5. The van der Waals surface area contributed by atoms with Crippen LogP contribution in [0.1, 0.15) is 11.7 Å². The lowest BCUT2D eigenvalue weighted by Crippen LogP contribution is -2.29. The van der Waals surface area contributed by atoms with E-state index < -0.39 is 23.7 Å². The Morgan fingerprint density at radius 1 is 1.08 bits per heavy atom. The van der Waals surface area contributed by atoms with E-state index in [-0.39, 0.29) is 6.54 Å². The summed E-state index contributed by atoms with van der Waals surface area (Å²) in [6, 6.07) is 15.1. The molecule has 7 nitrogen and oxygen atoms in total. The zero-order valence-corrected chi connectivity index (χ0v) is 12.5. The molecule has 0 aliphatic heterocycles. The van der Waals surface area contributed by atoms with Crippen LogP contribution in [0.4, 0.5) is 0 Å². The van der Waals surface area contributed by atoms with Crippen molar-refractivity contribution in [1.29, 1.82) is 0 Å². The van der Waals surface area contributed by atoms with Gasteiger partial charge in [0.05, 0.1) is 5.52 Å². The molecule has 0 saturated carbocycles. The molecule has 1 heterocycles. The first-order chi connectivity index (χ1) is 11.6. The van der Waals surface area contributed by atoms with Crippen LogP contribution in [0.3, 0.4) is 0 Å². The van der Waals surface area contributed by atoms with Gasteiger partial charge in [-0.3, -0.25) is 14.2 Å². The Hall–Kier alpha value is -3.35. The Morgan fingerprint density at radius 2 is 1.75 bits per heavy atom. The molecule has 1 amide bonds. The summed E-state index contributed by atoms with van der Waals surface area (Å²) in [6.07, 6.45) is -1.22. The fourth-order valence-corrected chi connectivity index (χ4v) is 2.38. The van der Waals surface area contributed by atoms with Gasteiger partial charge in [0.1, 0.15) is 6.54 Å². The molecule has 0 aliphatic rings. The number of hydrogen-bond donors (Lipinski definition) is 1. The summed E-state index contributed by atoms with van der Waals surface area (Å²) in [4.78, 5) is 35.6. The Kier molecular flexibility index (Phi) is 4.15. The molecule has 24 heavy (non-hydrogen) atoms. The van der Waals surface area contributed by atoms with Crippen molar-refractivity contribution >= 4 is 23.0 Å². The van der Waals surface area contributed by atoms with E-state index in [4.69, 9.17) is 14.9 Å². The van der Waals surface area contributed by atoms with Gasteiger partial charge in [0.25, 0.3) is 5.91 Å². The number of nitrogens with two attached hydrogens (primary N) is 1. The first-order valence-corrected chi connectivity index (χ1v) is 7.18. The molecule has 0 radical (unpaired) electrons. The van der Waals surface area contributed by atoms with Crippen LogP contribution in [-0.4, -0.2) is 16.4 Å². The Balaban J connectivity index is 1.82. The summed E-state index contributed by atoms with van der Waals surface area (Å²) < 4.78 is 11.3. The highest BCUT2D eigenvalue weighted by atomic mass is 16.5. The van der Waals surface area contributed by atoms with Crippen molar-refractivity contribution in [2.45, 2.75) is 12.6 Å². The van der Waals surface area contributed by atoms with Gasteiger partial charge in [0.2, 0.25) is 6.10 Å². The molecular formula is C17H14N2O5. The maximum atomic E-state index is 12.2. The van der Waals surface area contributed by atoms with Crippen LogP contribution in [0.25, 0.3) is 11.1 Å². The van der Waals surface area contributed by atoms with E-state index >= 15 is 0 Å². The minimum Gasteiger partial charge on any atom is -0.446 e. The number of benzene rings is 2. The number of amides is 1. The Labute approximate surface area is 136 Å². The van der Waals surface area contributed by atoms with Crippen LogP contribution < -0.4 is 11.5 Å². The van der Waals surface area contributed by atoms with Crippen molar-refractivity contribution in [2.75, 3.05) is 0 Å². The third kappa shape index (κ3) is 3.05. The molecule has 0 bridgehead atoms. The monoisotopic (exact) mass is 326 g/mol. The van der Waals surface area contributed by atoms with Crippen molar-refractivity contribution in [2.24, 2.45) is 5.73 Å². The van der Waals surface area contributed by atoms with E-state index in [1.807, 2.05) is 0 Å². The molecular weight excluding hydrogens is 312 g/mol. The third-order valence-corrected chi connectivity index (χ3v) is 3.47. The molecule has 2 aromatic carbocycles. The summed E-state index contributed by atoms with van der Waals surface area (Å²) in [5, 5.41) is 0. The summed E-state index contributed by atoms with van der Waals surface area (Å²) >= 11 is 0. The summed E-state index contributed by atoms with van der Waals surface area (Å²) in [7, 11) is 0. The minimum absolute atomic E-state index is 0.366. The zero-order valence-electron chi connectivity index (χ0n) is 12.5. The minimum atomic E-state index is -1.22. The second-order valence-electron chi connectivity index (χ2n) is 5.10. The molecule has 1 unspecified atom stereocenters. The Morgan fingerprint density at radius 3 is 2.46 bits per heavy atom. The third-order valence-electron chi connectivity index (χ3n) is 3.47. The molecule has 0 aliphatic carbocycles. The van der Waals surface area contributed by atoms with Gasteiger partial charge in [-0.15, -0.1) is 0 Å². The van der Waals surface area contributed by atoms with Crippen molar-refractivity contribution < 1.29 is 18.7 Å². The van der Waals surface area contributed by atoms with Crippen molar-refractivity contribution in [3.05, 3.63) is 70.7 Å². The number of esters is 1. The van der Waals surface area contributed by atoms with Crippen LogP contribution in [0.15, 0.2) is 63.8 Å². The fourth-order valence-electron chi connectivity index (χ4n) is 2.38. The highest BCUT2D eigenvalue weighted by Crippen LogP contribution is 2.18. The predicted molar refractivity (Wildman–Crippen MR) is 84.9 cm³/mol. The number of carbonyl (C=O) groups excluding carboxylic acids is 2. The largest absolute Gasteiger partial charge is 0.446 e. The Bertz CT molecular complexity index is 942. The number of ether oxygens (including phenoxy) is 1. The lowest BCUT2D eigenvalue weighted by Gasteiger charge is -2.15. The molecule has 3 rings (SSSR count). The molecule has 1 atom stereocenters. The molecule has 3 aromatic rings. The zero-order chi connectivity index (χ0) is 17.1. The van der Waals surface area contributed by atoms with E-state index in [0.717, 1.165) is 4.57 Å². The number of primary amides is 1. The van der Waals surface area contributed by atoms with E-state index in [2.05, 4.69) is 0 Å². The van der Waals surface area contributed by atoms with Crippen LogP contribution in [0.5, 0.6) is 0 Å². The highest BCUT2D eigenvalue weighted by molar-refractivity contribution is 5.84. The SMILES string of the molecule is NC(=O)C(OC(=O)Cn1c(=O)oc2ccccc21)c1ccccc1. The molecule has 0 spiro atoms. The highest BCUT2D eigenvalue weighted by Gasteiger charge is 2.23. The maximum absolute atomic E-state index is 12.2. The molecule has 2 N–H and O–H groups in total. The second-order valence-corrected chi connectivity index (χ2v) is 5.10. The van der Waals surface area contributed by atoms with Gasteiger partial charge in [-0.2, -0.15) is 0 Å². The maximum Gasteiger partial charge on any atom is 0.420 e. The second kappa shape index (κ2) is 6.41. The number of para-hydroxylation sites is 2. The number of nitrogens with zero attached hydrogens (tertiary/aromatic N) is 1. The fraction of sp³-hybridized carbons (Fsp3) is 0.118. The van der Waals surface area contributed by atoms with Gasteiger partial charge in [-0.05, 0) is 12.1 Å². The smallest absolute Gasteiger partial charge is 0.420 e. The normalized spacial score (nSPS) is 12.0. The van der Waals surface area contributed by atoms with Crippen LogP contribution in [0, 0.1) is 0 Å². The van der Waals surface area contributed by atoms with Gasteiger partial charge in [-0.25, -0.2) is 4.79 Å². The molecule has 0 fully saturated rings. The number of carbonyl (C=O) groups is 2. The van der Waals surface area contributed by atoms with Crippen LogP contribution >= 0.6 is 0 Å². The average molecular weight is 326 g/mol. The number of aromatic nitrogens is 1. The van der Waals surface area contributed by atoms with Gasteiger partial charge >= 0.3 is 11.7 Å². The number of hydrogen-bond acceptors (Lipinski definition) is 5. The molecule has 122 valence electrons. The van der Waals surface area contributed by atoms with Crippen LogP contribution in [0.2, 0.25) is 0 Å². The molecule has 1 aromatic heterocycles. The topological polar surface area (TPSA) is 105 Å². The molecule has 0 saturated heterocycles. The van der Waals surface area contributed by atoms with Gasteiger partial charge in [-0.1, -0.05) is 42.5 Å².